The number of nitrogens with zero attached hydrogens (tertiary/aromatic N) is 2. The molecule has 0 aromatic carbocycles. The first kappa shape index (κ1) is 10.6. The Kier molecular flexibility index (Phi) is 3.36. The van der Waals surface area contributed by atoms with Gasteiger partial charge in [-0.3, -0.25) is 0 Å². The molecule has 2 rings (SSSR count). The van der Waals surface area contributed by atoms with Crippen LogP contribution in [0.5, 0.6) is 0 Å². The molecule has 0 bridgehead atoms. The number of hydrogen-bond acceptors (Lipinski definition) is 4. The first-order chi connectivity index (χ1) is 7.25. The molecule has 1 aromatic heterocycles. The number of nitrogens with one attached hydrogen (secondary N) is 1. The zero-order valence-electron chi connectivity index (χ0n) is 9.49. The summed E-state index contributed by atoms with van der Waals surface area (Å²) in [7, 11) is 0. The summed E-state index contributed by atoms with van der Waals surface area (Å²) in [5.74, 6) is 0.901. The SMILES string of the molecule is Cc1nonc1CNC1CCC(C)CC1. The first-order valence-corrected chi connectivity index (χ1v) is 5.77. The van der Waals surface area contributed by atoms with Crippen molar-refractivity contribution in [3.8, 4) is 0 Å². The maximum atomic E-state index is 4.66. The molecule has 1 aliphatic rings. The van der Waals surface area contributed by atoms with Crippen LogP contribution in [0.2, 0.25) is 0 Å². The fraction of sp³-hybridized carbons (Fsp3) is 0.818. The highest BCUT2D eigenvalue weighted by atomic mass is 16.6. The van der Waals surface area contributed by atoms with Gasteiger partial charge in [0.25, 0.3) is 0 Å². The Hall–Kier alpha value is -0.900. The Morgan fingerprint density at radius 2 is 2.00 bits per heavy atom. The number of hydrogen-bond donors (Lipinski definition) is 1. The normalized spacial score (nSPS) is 26.8. The molecular weight excluding hydrogens is 190 g/mol. The molecule has 0 radical (unpaired) electrons. The average molecular weight is 209 g/mol. The topological polar surface area (TPSA) is 51.0 Å². The molecular formula is C11H19N3O. The molecule has 0 aliphatic heterocycles. The summed E-state index contributed by atoms with van der Waals surface area (Å²) in [6, 6.07) is 0.650. The standard InChI is InChI=1S/C11H19N3O/c1-8-3-5-10(6-4-8)12-7-11-9(2)13-15-14-11/h8,10,12H,3-7H2,1-2H3. The summed E-state index contributed by atoms with van der Waals surface area (Å²) >= 11 is 0. The zero-order valence-corrected chi connectivity index (χ0v) is 9.49. The molecule has 0 spiro atoms. The summed E-state index contributed by atoms with van der Waals surface area (Å²) in [5.41, 5.74) is 1.83. The molecule has 1 saturated carbocycles. The third-order valence-corrected chi connectivity index (χ3v) is 3.32. The van der Waals surface area contributed by atoms with Gasteiger partial charge < -0.3 is 5.32 Å². The van der Waals surface area contributed by atoms with Crippen LogP contribution in [-0.2, 0) is 6.54 Å². The summed E-state index contributed by atoms with van der Waals surface area (Å²) in [5, 5.41) is 11.2. The van der Waals surface area contributed by atoms with E-state index in [2.05, 4.69) is 27.2 Å². The first-order valence-electron chi connectivity index (χ1n) is 5.77. The second-order valence-electron chi connectivity index (χ2n) is 4.63. The van der Waals surface area contributed by atoms with Crippen LogP contribution in [-0.4, -0.2) is 16.4 Å². The quantitative estimate of drug-likeness (QED) is 0.827. The molecule has 1 heterocycles. The van der Waals surface area contributed by atoms with Gasteiger partial charge in [0.2, 0.25) is 0 Å². The van der Waals surface area contributed by atoms with Crippen molar-refractivity contribution >= 4 is 0 Å². The van der Waals surface area contributed by atoms with Crippen molar-refractivity contribution in [1.29, 1.82) is 0 Å². The van der Waals surface area contributed by atoms with E-state index in [0.29, 0.717) is 6.04 Å². The van der Waals surface area contributed by atoms with Crippen LogP contribution in [0.3, 0.4) is 0 Å². The fourth-order valence-corrected chi connectivity index (χ4v) is 2.12. The van der Waals surface area contributed by atoms with Gasteiger partial charge in [-0.15, -0.1) is 0 Å². The van der Waals surface area contributed by atoms with Crippen LogP contribution < -0.4 is 5.32 Å². The number of aryl methyl sites for hydroxylation is 1. The molecule has 0 unspecified atom stereocenters. The van der Waals surface area contributed by atoms with Crippen LogP contribution >= 0.6 is 0 Å². The van der Waals surface area contributed by atoms with Crippen molar-refractivity contribution in [1.82, 2.24) is 15.6 Å². The van der Waals surface area contributed by atoms with Gasteiger partial charge in [0, 0.05) is 12.6 Å². The van der Waals surface area contributed by atoms with E-state index < -0.39 is 0 Å². The Balaban J connectivity index is 1.77. The van der Waals surface area contributed by atoms with E-state index in [1.807, 2.05) is 6.92 Å². The highest BCUT2D eigenvalue weighted by Gasteiger charge is 2.18. The zero-order chi connectivity index (χ0) is 10.7. The predicted molar refractivity (Wildman–Crippen MR) is 57.3 cm³/mol. The third kappa shape index (κ3) is 2.78. The van der Waals surface area contributed by atoms with Crippen LogP contribution in [0.25, 0.3) is 0 Å². The van der Waals surface area contributed by atoms with Gasteiger partial charge in [0.05, 0.1) is 0 Å². The van der Waals surface area contributed by atoms with E-state index in [9.17, 15) is 0 Å². The van der Waals surface area contributed by atoms with Gasteiger partial charge >= 0.3 is 0 Å². The molecule has 84 valence electrons. The number of rotatable bonds is 3. The molecule has 0 saturated heterocycles. The average Bonchev–Trinajstić information content (AvgIpc) is 2.63. The Morgan fingerprint density at radius 1 is 1.27 bits per heavy atom. The van der Waals surface area contributed by atoms with E-state index in [1.165, 1.54) is 25.7 Å². The van der Waals surface area contributed by atoms with Crippen LogP contribution in [0.1, 0.15) is 44.0 Å². The Morgan fingerprint density at radius 3 is 2.60 bits per heavy atom. The van der Waals surface area contributed by atoms with Gasteiger partial charge in [-0.25, -0.2) is 4.63 Å². The highest BCUT2D eigenvalue weighted by molar-refractivity contribution is 5.04. The maximum absolute atomic E-state index is 4.66. The van der Waals surface area contributed by atoms with Gasteiger partial charge in [-0.05, 0) is 38.5 Å². The van der Waals surface area contributed by atoms with E-state index >= 15 is 0 Å². The lowest BCUT2D eigenvalue weighted by Crippen LogP contribution is -2.32. The van der Waals surface area contributed by atoms with Crippen molar-refractivity contribution < 1.29 is 4.63 Å². The van der Waals surface area contributed by atoms with Crippen molar-refractivity contribution in [3.63, 3.8) is 0 Å². The lowest BCUT2D eigenvalue weighted by Gasteiger charge is -2.26. The van der Waals surface area contributed by atoms with Gasteiger partial charge in [0.1, 0.15) is 11.4 Å². The minimum absolute atomic E-state index is 0.650. The summed E-state index contributed by atoms with van der Waals surface area (Å²) < 4.78 is 4.66. The smallest absolute Gasteiger partial charge is 0.121 e. The van der Waals surface area contributed by atoms with Crippen LogP contribution in [0.15, 0.2) is 4.63 Å². The van der Waals surface area contributed by atoms with Gasteiger partial charge in [-0.2, -0.15) is 0 Å². The van der Waals surface area contributed by atoms with Gasteiger partial charge in [-0.1, -0.05) is 17.2 Å². The van der Waals surface area contributed by atoms with Gasteiger partial charge in [0.15, 0.2) is 0 Å². The minimum atomic E-state index is 0.650. The Bertz CT molecular complexity index is 303. The Labute approximate surface area is 90.4 Å². The number of aromatic nitrogens is 2. The van der Waals surface area contributed by atoms with Crippen molar-refractivity contribution in [2.45, 2.75) is 52.1 Å². The molecule has 1 aliphatic carbocycles. The summed E-state index contributed by atoms with van der Waals surface area (Å²) in [6.45, 7) is 5.05. The summed E-state index contributed by atoms with van der Waals surface area (Å²) in [4.78, 5) is 0. The molecule has 1 fully saturated rings. The van der Waals surface area contributed by atoms with Crippen molar-refractivity contribution in [3.05, 3.63) is 11.4 Å². The van der Waals surface area contributed by atoms with E-state index in [1.54, 1.807) is 0 Å². The van der Waals surface area contributed by atoms with E-state index in [-0.39, 0.29) is 0 Å². The molecule has 1 aromatic rings. The molecule has 1 N–H and O–H groups in total. The molecule has 4 nitrogen and oxygen atoms in total. The second-order valence-corrected chi connectivity index (χ2v) is 4.63. The molecule has 4 heteroatoms. The van der Waals surface area contributed by atoms with E-state index in [0.717, 1.165) is 23.9 Å². The second kappa shape index (κ2) is 4.75. The summed E-state index contributed by atoms with van der Waals surface area (Å²) in [6.07, 6.45) is 5.25. The fourth-order valence-electron chi connectivity index (χ4n) is 2.12. The monoisotopic (exact) mass is 209 g/mol. The van der Waals surface area contributed by atoms with Crippen molar-refractivity contribution in [2.24, 2.45) is 5.92 Å². The highest BCUT2D eigenvalue weighted by Crippen LogP contribution is 2.23. The molecule has 0 amide bonds. The minimum Gasteiger partial charge on any atom is -0.308 e. The van der Waals surface area contributed by atoms with Crippen molar-refractivity contribution in [2.75, 3.05) is 0 Å². The lowest BCUT2D eigenvalue weighted by molar-refractivity contribution is 0.290. The van der Waals surface area contributed by atoms with E-state index in [4.69, 9.17) is 0 Å². The molecule has 0 atom stereocenters. The predicted octanol–water partition coefficient (Wildman–Crippen LogP) is 2.05. The maximum Gasteiger partial charge on any atom is 0.121 e. The molecule has 15 heavy (non-hydrogen) atoms. The van der Waals surface area contributed by atoms with Crippen LogP contribution in [0, 0.1) is 12.8 Å². The van der Waals surface area contributed by atoms with Crippen LogP contribution in [0.4, 0.5) is 0 Å². The lowest BCUT2D eigenvalue weighted by atomic mass is 9.87. The third-order valence-electron chi connectivity index (χ3n) is 3.32. The largest absolute Gasteiger partial charge is 0.308 e.